The van der Waals surface area contributed by atoms with Gasteiger partial charge in [0, 0.05) is 6.07 Å². The lowest BCUT2D eigenvalue weighted by Crippen LogP contribution is -2.40. The summed E-state index contributed by atoms with van der Waals surface area (Å²) in [6.07, 6.45) is 1.92. The molecule has 0 saturated carbocycles. The molecule has 76 valence electrons. The zero-order chi connectivity index (χ0) is 10.6. The molecule has 0 aromatic heterocycles. The van der Waals surface area contributed by atoms with Gasteiger partial charge in [-0.05, 0) is 12.1 Å². The first-order chi connectivity index (χ1) is 6.61. The summed E-state index contributed by atoms with van der Waals surface area (Å²) in [4.78, 5) is 0. The van der Waals surface area contributed by atoms with Crippen LogP contribution in [0.5, 0.6) is 5.75 Å². The van der Waals surface area contributed by atoms with Crippen molar-refractivity contribution in [3.05, 3.63) is 36.9 Å². The number of rotatable bonds is 4. The van der Waals surface area contributed by atoms with Gasteiger partial charge in [-0.1, -0.05) is 18.7 Å². The van der Waals surface area contributed by atoms with Crippen LogP contribution in [-0.2, 0) is 0 Å². The van der Waals surface area contributed by atoms with Crippen molar-refractivity contribution in [2.45, 2.75) is 0 Å². The van der Waals surface area contributed by atoms with E-state index in [2.05, 4.69) is 26.7 Å². The molecule has 0 aliphatic carbocycles. The lowest BCUT2D eigenvalue weighted by Gasteiger charge is -2.29. The first kappa shape index (κ1) is 10.8. The van der Waals surface area contributed by atoms with Gasteiger partial charge >= 0.3 is 0 Å². The lowest BCUT2D eigenvalue weighted by atomic mass is 10.2. The van der Waals surface area contributed by atoms with Gasteiger partial charge in [-0.25, -0.2) is 0 Å². The molecule has 1 rings (SSSR count). The summed E-state index contributed by atoms with van der Waals surface area (Å²) >= 11 is 0. The third kappa shape index (κ3) is 2.15. The number of benzene rings is 1. The van der Waals surface area contributed by atoms with E-state index in [4.69, 9.17) is 4.74 Å². The van der Waals surface area contributed by atoms with Gasteiger partial charge in [0.2, 0.25) is 0 Å². The Morgan fingerprint density at radius 2 is 2.00 bits per heavy atom. The Labute approximate surface area is 86.0 Å². The van der Waals surface area contributed by atoms with E-state index in [0.29, 0.717) is 0 Å². The molecule has 14 heavy (non-hydrogen) atoms. The number of methoxy groups -OCH3 is 1. The minimum Gasteiger partial charge on any atom is -0.491 e. The molecular formula is C12H18NO+. The second-order valence-corrected chi connectivity index (χ2v) is 3.83. The first-order valence-corrected chi connectivity index (χ1v) is 4.69. The highest BCUT2D eigenvalue weighted by molar-refractivity contribution is 5.55. The van der Waals surface area contributed by atoms with Crippen LogP contribution in [-0.4, -0.2) is 27.7 Å². The molecule has 0 aliphatic heterocycles. The maximum atomic E-state index is 5.33. The zero-order valence-corrected chi connectivity index (χ0v) is 9.16. The maximum absolute atomic E-state index is 5.33. The van der Waals surface area contributed by atoms with Crippen molar-refractivity contribution in [3.63, 3.8) is 0 Å². The molecular weight excluding hydrogens is 174 g/mol. The van der Waals surface area contributed by atoms with Gasteiger partial charge in [-0.3, -0.25) is 4.48 Å². The van der Waals surface area contributed by atoms with E-state index in [1.807, 2.05) is 24.3 Å². The fourth-order valence-corrected chi connectivity index (χ4v) is 1.55. The zero-order valence-electron chi connectivity index (χ0n) is 9.16. The highest BCUT2D eigenvalue weighted by Crippen LogP contribution is 2.30. The number of nitrogens with zero attached hydrogens (tertiary/aromatic N) is 1. The van der Waals surface area contributed by atoms with Gasteiger partial charge in [0.25, 0.3) is 0 Å². The lowest BCUT2D eigenvalue weighted by molar-refractivity contribution is 0.379. The maximum Gasteiger partial charge on any atom is 0.179 e. The molecule has 0 bridgehead atoms. The van der Waals surface area contributed by atoms with Crippen LogP contribution in [0.1, 0.15) is 0 Å². The SMILES string of the molecule is C=CC[N+](C)(C)c1ccccc1OC. The largest absolute Gasteiger partial charge is 0.491 e. The number of hydrogen-bond donors (Lipinski definition) is 0. The third-order valence-electron chi connectivity index (χ3n) is 2.32. The Bertz CT molecular complexity index is 318. The van der Waals surface area contributed by atoms with Crippen LogP contribution >= 0.6 is 0 Å². The quantitative estimate of drug-likeness (QED) is 0.526. The molecule has 1 aromatic rings. The van der Waals surface area contributed by atoms with Crippen LogP contribution in [0.2, 0.25) is 0 Å². The van der Waals surface area contributed by atoms with Crippen LogP contribution in [0.25, 0.3) is 0 Å². The monoisotopic (exact) mass is 192 g/mol. The summed E-state index contributed by atoms with van der Waals surface area (Å²) < 4.78 is 6.09. The Kier molecular flexibility index (Phi) is 3.31. The minimum absolute atomic E-state index is 0.757. The molecule has 2 heteroatoms. The summed E-state index contributed by atoms with van der Waals surface area (Å²) in [6, 6.07) is 8.08. The van der Waals surface area contributed by atoms with Crippen molar-refractivity contribution < 1.29 is 4.74 Å². The van der Waals surface area contributed by atoms with E-state index >= 15 is 0 Å². The van der Waals surface area contributed by atoms with E-state index in [1.165, 1.54) is 5.69 Å². The van der Waals surface area contributed by atoms with Gasteiger partial charge in [0.1, 0.15) is 6.54 Å². The van der Waals surface area contributed by atoms with E-state index in [9.17, 15) is 0 Å². The Hall–Kier alpha value is -1.28. The first-order valence-electron chi connectivity index (χ1n) is 4.69. The van der Waals surface area contributed by atoms with Gasteiger partial charge in [0.05, 0.1) is 21.2 Å². The van der Waals surface area contributed by atoms with Crippen LogP contribution in [0.15, 0.2) is 36.9 Å². The Balaban J connectivity index is 3.09. The van der Waals surface area contributed by atoms with Crippen molar-refractivity contribution in [1.82, 2.24) is 4.48 Å². The van der Waals surface area contributed by atoms with Crippen LogP contribution in [0.3, 0.4) is 0 Å². The molecule has 0 radical (unpaired) electrons. The summed E-state index contributed by atoms with van der Waals surface area (Å²) in [5.74, 6) is 0.930. The number of para-hydroxylation sites is 2. The molecule has 0 aliphatic rings. The smallest absolute Gasteiger partial charge is 0.179 e. The predicted molar refractivity (Wildman–Crippen MR) is 61.7 cm³/mol. The summed E-state index contributed by atoms with van der Waals surface area (Å²) in [5, 5.41) is 0. The molecule has 0 spiro atoms. The highest BCUT2D eigenvalue weighted by atomic mass is 16.5. The standard InChI is InChI=1S/C12H18NO/c1-5-10-13(2,3)11-8-6-7-9-12(11)14-4/h5-9H,1,10H2,2-4H3/q+1. The van der Waals surface area contributed by atoms with Gasteiger partial charge in [-0.2, -0.15) is 0 Å². The average molecular weight is 192 g/mol. The summed E-state index contributed by atoms with van der Waals surface area (Å²) in [6.45, 7) is 4.66. The van der Waals surface area contributed by atoms with Crippen molar-refractivity contribution in [3.8, 4) is 5.75 Å². The minimum atomic E-state index is 0.757. The average Bonchev–Trinajstić information content (AvgIpc) is 2.18. The number of ether oxygens (including phenoxy) is 1. The van der Waals surface area contributed by atoms with Crippen molar-refractivity contribution in [2.75, 3.05) is 27.7 Å². The fraction of sp³-hybridized carbons (Fsp3) is 0.333. The van der Waals surface area contributed by atoms with Crippen molar-refractivity contribution in [1.29, 1.82) is 0 Å². The van der Waals surface area contributed by atoms with Crippen LogP contribution < -0.4 is 9.22 Å². The molecule has 0 atom stereocenters. The molecule has 0 amide bonds. The summed E-state index contributed by atoms with van der Waals surface area (Å²) in [7, 11) is 5.98. The van der Waals surface area contributed by atoms with Crippen LogP contribution in [0.4, 0.5) is 5.69 Å². The highest BCUT2D eigenvalue weighted by Gasteiger charge is 2.21. The Morgan fingerprint density at radius 1 is 1.36 bits per heavy atom. The van der Waals surface area contributed by atoms with Crippen molar-refractivity contribution >= 4 is 5.69 Å². The molecule has 0 heterocycles. The molecule has 1 aromatic carbocycles. The second-order valence-electron chi connectivity index (χ2n) is 3.83. The Morgan fingerprint density at radius 3 is 2.57 bits per heavy atom. The second kappa shape index (κ2) is 4.29. The molecule has 2 nitrogen and oxygen atoms in total. The molecule has 0 saturated heterocycles. The molecule has 0 N–H and O–H groups in total. The number of likely N-dealkylation sites (N-methyl/N-ethyl adjacent to an activating group) is 1. The van der Waals surface area contributed by atoms with E-state index in [-0.39, 0.29) is 0 Å². The van der Waals surface area contributed by atoms with Gasteiger partial charge in [0.15, 0.2) is 11.4 Å². The molecule has 0 unspecified atom stereocenters. The summed E-state index contributed by atoms with van der Waals surface area (Å²) in [5.41, 5.74) is 1.18. The van der Waals surface area contributed by atoms with Crippen LogP contribution in [0, 0.1) is 0 Å². The van der Waals surface area contributed by atoms with Gasteiger partial charge in [-0.15, -0.1) is 0 Å². The van der Waals surface area contributed by atoms with E-state index < -0.39 is 0 Å². The van der Waals surface area contributed by atoms with Crippen molar-refractivity contribution in [2.24, 2.45) is 0 Å². The fourth-order valence-electron chi connectivity index (χ4n) is 1.55. The number of hydrogen-bond acceptors (Lipinski definition) is 1. The van der Waals surface area contributed by atoms with E-state index in [0.717, 1.165) is 16.8 Å². The molecule has 0 fully saturated rings. The third-order valence-corrected chi connectivity index (χ3v) is 2.32. The van der Waals surface area contributed by atoms with Gasteiger partial charge < -0.3 is 4.74 Å². The topological polar surface area (TPSA) is 9.23 Å². The predicted octanol–water partition coefficient (Wildman–Crippen LogP) is 2.45. The normalized spacial score (nSPS) is 11.1. The van der Waals surface area contributed by atoms with E-state index in [1.54, 1.807) is 7.11 Å². The number of quaternary nitrogens is 1.